The highest BCUT2D eigenvalue weighted by atomic mass is 16.5. The number of pyridine rings is 1. The van der Waals surface area contributed by atoms with Gasteiger partial charge in [0.25, 0.3) is 5.56 Å². The lowest BCUT2D eigenvalue weighted by atomic mass is 10.0. The number of benzene rings is 2. The summed E-state index contributed by atoms with van der Waals surface area (Å²) in [5, 5.41) is 4.02. The van der Waals surface area contributed by atoms with E-state index < -0.39 is 5.97 Å². The SMILES string of the molecule is CCOC(=O)c1c[nH]c2c(=O)[nH]c3ccc(C=CC(=O)NCc4ccccc4)cc3c12. The van der Waals surface area contributed by atoms with Gasteiger partial charge in [-0.1, -0.05) is 36.4 Å². The van der Waals surface area contributed by atoms with Gasteiger partial charge in [-0.15, -0.1) is 0 Å². The lowest BCUT2D eigenvalue weighted by Crippen LogP contribution is -2.20. The lowest BCUT2D eigenvalue weighted by Gasteiger charge is -2.05. The number of hydrogen-bond acceptors (Lipinski definition) is 4. The van der Waals surface area contributed by atoms with Crippen LogP contribution in [-0.4, -0.2) is 28.5 Å². The molecule has 7 nitrogen and oxygen atoms in total. The van der Waals surface area contributed by atoms with Crippen molar-refractivity contribution in [3.05, 3.63) is 87.8 Å². The van der Waals surface area contributed by atoms with Crippen molar-refractivity contribution in [3.8, 4) is 0 Å². The van der Waals surface area contributed by atoms with Crippen LogP contribution in [0.1, 0.15) is 28.4 Å². The normalized spacial score (nSPS) is 11.3. The van der Waals surface area contributed by atoms with Gasteiger partial charge in [0.1, 0.15) is 5.52 Å². The maximum absolute atomic E-state index is 12.4. The van der Waals surface area contributed by atoms with E-state index in [1.807, 2.05) is 36.4 Å². The molecule has 0 saturated carbocycles. The van der Waals surface area contributed by atoms with Gasteiger partial charge in [0, 0.05) is 35.1 Å². The maximum atomic E-state index is 12.4. The predicted octanol–water partition coefficient (Wildman–Crippen LogP) is 3.52. The van der Waals surface area contributed by atoms with E-state index in [-0.39, 0.29) is 18.1 Å². The van der Waals surface area contributed by atoms with E-state index in [0.717, 1.165) is 11.1 Å². The molecule has 2 aromatic carbocycles. The first-order valence-electron chi connectivity index (χ1n) is 9.91. The first-order valence-corrected chi connectivity index (χ1v) is 9.91. The third-order valence-electron chi connectivity index (χ3n) is 4.90. The number of carbonyl (C=O) groups excluding carboxylic acids is 2. The standard InChI is InChI=1S/C24H21N3O4/c1-2-31-24(30)18-14-26-22-21(18)17-12-15(8-10-19(17)27-23(22)29)9-11-20(28)25-13-16-6-4-3-5-7-16/h3-12,14,26H,2,13H2,1H3,(H,25,28)(H,27,29). The molecular formula is C24H21N3O4. The van der Waals surface area contributed by atoms with Crippen molar-refractivity contribution in [2.75, 3.05) is 6.61 Å². The number of hydrogen-bond donors (Lipinski definition) is 3. The Balaban J connectivity index is 1.64. The summed E-state index contributed by atoms with van der Waals surface area (Å²) in [5.74, 6) is -0.716. The van der Waals surface area contributed by atoms with Gasteiger partial charge in [0.15, 0.2) is 0 Å². The Morgan fingerprint density at radius 2 is 1.94 bits per heavy atom. The van der Waals surface area contributed by atoms with Crippen molar-refractivity contribution >= 4 is 39.8 Å². The second kappa shape index (κ2) is 8.71. The number of aromatic nitrogens is 2. The van der Waals surface area contributed by atoms with Crippen molar-refractivity contribution in [1.29, 1.82) is 0 Å². The second-order valence-electron chi connectivity index (χ2n) is 6.97. The molecule has 0 bridgehead atoms. The fraction of sp³-hybridized carbons (Fsp3) is 0.125. The number of rotatable bonds is 6. The van der Waals surface area contributed by atoms with Crippen molar-refractivity contribution < 1.29 is 14.3 Å². The van der Waals surface area contributed by atoms with Gasteiger partial charge in [-0.2, -0.15) is 0 Å². The van der Waals surface area contributed by atoms with Crippen LogP contribution < -0.4 is 10.9 Å². The van der Waals surface area contributed by atoms with E-state index in [1.165, 1.54) is 12.3 Å². The summed E-state index contributed by atoms with van der Waals surface area (Å²) in [7, 11) is 0. The molecule has 4 aromatic rings. The largest absolute Gasteiger partial charge is 0.462 e. The minimum absolute atomic E-state index is 0.218. The van der Waals surface area contributed by atoms with E-state index in [1.54, 1.807) is 25.1 Å². The molecule has 0 unspecified atom stereocenters. The fourth-order valence-corrected chi connectivity index (χ4v) is 3.43. The molecule has 0 aliphatic rings. The smallest absolute Gasteiger partial charge is 0.340 e. The highest BCUT2D eigenvalue weighted by Crippen LogP contribution is 2.26. The molecule has 0 saturated heterocycles. The number of carbonyl (C=O) groups is 2. The van der Waals surface area contributed by atoms with Crippen LogP contribution in [0, 0.1) is 0 Å². The minimum Gasteiger partial charge on any atom is -0.462 e. The van der Waals surface area contributed by atoms with Crippen LogP contribution in [-0.2, 0) is 16.1 Å². The summed E-state index contributed by atoms with van der Waals surface area (Å²) in [6.07, 6.45) is 4.63. The van der Waals surface area contributed by atoms with Crippen LogP contribution in [0.5, 0.6) is 0 Å². The summed E-state index contributed by atoms with van der Waals surface area (Å²) >= 11 is 0. The average molecular weight is 415 g/mol. The number of amides is 1. The molecule has 156 valence electrons. The monoisotopic (exact) mass is 415 g/mol. The molecule has 31 heavy (non-hydrogen) atoms. The molecule has 0 aliphatic heterocycles. The summed E-state index contributed by atoms with van der Waals surface area (Å²) in [6, 6.07) is 15.0. The molecular weight excluding hydrogens is 394 g/mol. The maximum Gasteiger partial charge on any atom is 0.340 e. The average Bonchev–Trinajstić information content (AvgIpc) is 3.24. The lowest BCUT2D eigenvalue weighted by molar-refractivity contribution is -0.116. The molecule has 1 amide bonds. The Kier molecular flexibility index (Phi) is 5.66. The predicted molar refractivity (Wildman–Crippen MR) is 120 cm³/mol. The van der Waals surface area contributed by atoms with Crippen LogP contribution in [0.2, 0.25) is 0 Å². The van der Waals surface area contributed by atoms with E-state index in [0.29, 0.717) is 33.9 Å². The Morgan fingerprint density at radius 3 is 2.71 bits per heavy atom. The molecule has 0 atom stereocenters. The third kappa shape index (κ3) is 4.25. The Bertz CT molecular complexity index is 1350. The molecule has 0 fully saturated rings. The fourth-order valence-electron chi connectivity index (χ4n) is 3.43. The Labute approximate surface area is 177 Å². The second-order valence-corrected chi connectivity index (χ2v) is 6.97. The summed E-state index contributed by atoms with van der Waals surface area (Å²) in [5.41, 5.74) is 2.65. The van der Waals surface area contributed by atoms with Gasteiger partial charge in [0.05, 0.1) is 12.2 Å². The molecule has 7 heteroatoms. The number of H-pyrrole nitrogens is 2. The summed E-state index contributed by atoms with van der Waals surface area (Å²) in [6.45, 7) is 2.40. The first-order chi connectivity index (χ1) is 15.1. The zero-order valence-corrected chi connectivity index (χ0v) is 16.9. The zero-order chi connectivity index (χ0) is 21.8. The number of nitrogens with one attached hydrogen (secondary N) is 3. The van der Waals surface area contributed by atoms with Gasteiger partial charge in [-0.25, -0.2) is 4.79 Å². The molecule has 0 spiro atoms. The summed E-state index contributed by atoms with van der Waals surface area (Å²) < 4.78 is 5.12. The number of ether oxygens (including phenoxy) is 1. The molecule has 2 aromatic heterocycles. The van der Waals surface area contributed by atoms with E-state index in [9.17, 15) is 14.4 Å². The van der Waals surface area contributed by atoms with E-state index in [4.69, 9.17) is 4.74 Å². The molecule has 0 radical (unpaired) electrons. The number of aromatic amines is 2. The van der Waals surface area contributed by atoms with Gasteiger partial charge < -0.3 is 20.0 Å². The minimum atomic E-state index is -0.498. The van der Waals surface area contributed by atoms with Crippen LogP contribution in [0.15, 0.2) is 65.6 Å². The van der Waals surface area contributed by atoms with Crippen LogP contribution >= 0.6 is 0 Å². The van der Waals surface area contributed by atoms with Crippen molar-refractivity contribution in [2.24, 2.45) is 0 Å². The molecule has 4 rings (SSSR count). The highest BCUT2D eigenvalue weighted by Gasteiger charge is 2.18. The molecule has 0 aliphatic carbocycles. The summed E-state index contributed by atoms with van der Waals surface area (Å²) in [4.78, 5) is 42.6. The first kappa shape index (κ1) is 20.2. The van der Waals surface area contributed by atoms with Gasteiger partial charge >= 0.3 is 5.97 Å². The van der Waals surface area contributed by atoms with Crippen LogP contribution in [0.25, 0.3) is 27.9 Å². The van der Waals surface area contributed by atoms with Gasteiger partial charge in [0.2, 0.25) is 5.91 Å². The third-order valence-corrected chi connectivity index (χ3v) is 4.90. The van der Waals surface area contributed by atoms with Crippen LogP contribution in [0.3, 0.4) is 0 Å². The zero-order valence-electron chi connectivity index (χ0n) is 16.9. The van der Waals surface area contributed by atoms with Crippen molar-refractivity contribution in [1.82, 2.24) is 15.3 Å². The van der Waals surface area contributed by atoms with Crippen LogP contribution in [0.4, 0.5) is 0 Å². The van der Waals surface area contributed by atoms with Crippen molar-refractivity contribution in [3.63, 3.8) is 0 Å². The number of fused-ring (bicyclic) bond motifs is 3. The molecule has 2 heterocycles. The topological polar surface area (TPSA) is 104 Å². The van der Waals surface area contributed by atoms with E-state index in [2.05, 4.69) is 15.3 Å². The number of esters is 1. The molecule has 3 N–H and O–H groups in total. The van der Waals surface area contributed by atoms with Crippen molar-refractivity contribution in [2.45, 2.75) is 13.5 Å². The quantitative estimate of drug-likeness (QED) is 0.331. The van der Waals surface area contributed by atoms with Gasteiger partial charge in [-0.3, -0.25) is 9.59 Å². The Hall–Kier alpha value is -4.13. The van der Waals surface area contributed by atoms with Gasteiger partial charge in [-0.05, 0) is 36.3 Å². The Morgan fingerprint density at radius 1 is 1.13 bits per heavy atom. The van der Waals surface area contributed by atoms with E-state index >= 15 is 0 Å². The highest BCUT2D eigenvalue weighted by molar-refractivity contribution is 6.15.